The molecule has 0 bridgehead atoms. The summed E-state index contributed by atoms with van der Waals surface area (Å²) < 4.78 is 35.6. The van der Waals surface area contributed by atoms with E-state index in [-0.39, 0.29) is 29.1 Å². The number of anilines is 1. The Balaban J connectivity index is 2.00. The highest BCUT2D eigenvalue weighted by Crippen LogP contribution is 2.25. The molecule has 0 atom stereocenters. The minimum Gasteiger partial charge on any atom is -0.495 e. The number of amides is 1. The summed E-state index contributed by atoms with van der Waals surface area (Å²) in [6.07, 6.45) is -0.140. The standard InChI is InChI=1S/C20H25NO5S/c1-14(2)26-16-6-8-17(9-7-16)27(23,24)12-11-20(22)21-18-13-15(3)5-10-19(18)25-4/h5-10,13-14H,11-12H2,1-4H3,(H,21,22). The van der Waals surface area contributed by atoms with Crippen LogP contribution in [0.15, 0.2) is 47.4 Å². The number of carbonyl (C=O) groups excluding carboxylic acids is 1. The maximum absolute atomic E-state index is 12.5. The van der Waals surface area contributed by atoms with Crippen molar-refractivity contribution in [2.75, 3.05) is 18.2 Å². The number of sulfone groups is 1. The highest BCUT2D eigenvalue weighted by molar-refractivity contribution is 7.91. The van der Waals surface area contributed by atoms with Crippen LogP contribution in [0, 0.1) is 6.92 Å². The number of benzene rings is 2. The predicted octanol–water partition coefficient (Wildman–Crippen LogP) is 3.59. The van der Waals surface area contributed by atoms with Crippen molar-refractivity contribution in [3.05, 3.63) is 48.0 Å². The fraction of sp³-hybridized carbons (Fsp3) is 0.350. The van der Waals surface area contributed by atoms with Crippen LogP contribution in [-0.2, 0) is 14.6 Å². The van der Waals surface area contributed by atoms with E-state index in [4.69, 9.17) is 9.47 Å². The smallest absolute Gasteiger partial charge is 0.225 e. The number of nitrogens with one attached hydrogen (secondary N) is 1. The topological polar surface area (TPSA) is 81.7 Å². The molecule has 2 aromatic rings. The molecule has 0 saturated heterocycles. The lowest BCUT2D eigenvalue weighted by molar-refractivity contribution is -0.115. The first kappa shape index (κ1) is 20.8. The van der Waals surface area contributed by atoms with Gasteiger partial charge < -0.3 is 14.8 Å². The number of methoxy groups -OCH3 is 1. The molecule has 0 aliphatic carbocycles. The summed E-state index contributed by atoms with van der Waals surface area (Å²) >= 11 is 0. The van der Waals surface area contributed by atoms with Gasteiger partial charge in [-0.3, -0.25) is 4.79 Å². The van der Waals surface area contributed by atoms with Crippen molar-refractivity contribution in [3.8, 4) is 11.5 Å². The van der Waals surface area contributed by atoms with Crippen LogP contribution in [0.2, 0.25) is 0 Å². The monoisotopic (exact) mass is 391 g/mol. The van der Waals surface area contributed by atoms with Gasteiger partial charge in [-0.25, -0.2) is 8.42 Å². The fourth-order valence-corrected chi connectivity index (χ4v) is 3.72. The minimum atomic E-state index is -3.56. The quantitative estimate of drug-likeness (QED) is 0.744. The van der Waals surface area contributed by atoms with Gasteiger partial charge >= 0.3 is 0 Å². The molecule has 146 valence electrons. The maximum Gasteiger partial charge on any atom is 0.225 e. The maximum atomic E-state index is 12.5. The van der Waals surface area contributed by atoms with E-state index < -0.39 is 9.84 Å². The molecule has 27 heavy (non-hydrogen) atoms. The van der Waals surface area contributed by atoms with E-state index in [0.717, 1.165) is 5.56 Å². The Morgan fingerprint density at radius 2 is 1.78 bits per heavy atom. The van der Waals surface area contributed by atoms with E-state index in [1.165, 1.54) is 19.2 Å². The van der Waals surface area contributed by atoms with Crippen molar-refractivity contribution < 1.29 is 22.7 Å². The summed E-state index contributed by atoms with van der Waals surface area (Å²) in [4.78, 5) is 12.4. The van der Waals surface area contributed by atoms with E-state index in [2.05, 4.69) is 5.32 Å². The van der Waals surface area contributed by atoms with Crippen LogP contribution < -0.4 is 14.8 Å². The molecule has 0 spiro atoms. The molecule has 1 amide bonds. The van der Waals surface area contributed by atoms with Gasteiger partial charge in [-0.2, -0.15) is 0 Å². The average Bonchev–Trinajstić information content (AvgIpc) is 2.60. The molecular weight excluding hydrogens is 366 g/mol. The molecule has 0 saturated carbocycles. The van der Waals surface area contributed by atoms with E-state index >= 15 is 0 Å². The highest BCUT2D eigenvalue weighted by Gasteiger charge is 2.17. The van der Waals surface area contributed by atoms with Crippen LogP contribution in [0.3, 0.4) is 0 Å². The molecule has 6 nitrogen and oxygen atoms in total. The SMILES string of the molecule is COc1ccc(C)cc1NC(=O)CCS(=O)(=O)c1ccc(OC(C)C)cc1. The van der Waals surface area contributed by atoms with Crippen molar-refractivity contribution >= 4 is 21.4 Å². The molecular formula is C20H25NO5S. The summed E-state index contributed by atoms with van der Waals surface area (Å²) in [5, 5.41) is 2.71. The molecule has 0 heterocycles. The summed E-state index contributed by atoms with van der Waals surface area (Å²) in [6, 6.07) is 11.6. The third kappa shape index (κ3) is 5.99. The summed E-state index contributed by atoms with van der Waals surface area (Å²) in [7, 11) is -2.05. The zero-order valence-corrected chi connectivity index (χ0v) is 16.8. The summed E-state index contributed by atoms with van der Waals surface area (Å²) in [6.45, 7) is 5.69. The van der Waals surface area contributed by atoms with Crippen molar-refractivity contribution in [1.82, 2.24) is 0 Å². The molecule has 0 radical (unpaired) electrons. The first-order valence-electron chi connectivity index (χ1n) is 8.65. The van der Waals surface area contributed by atoms with Crippen molar-refractivity contribution in [2.24, 2.45) is 0 Å². The van der Waals surface area contributed by atoms with E-state index in [1.54, 1.807) is 24.3 Å². The Labute approximate surface area is 160 Å². The number of rotatable bonds is 8. The van der Waals surface area contributed by atoms with Crippen LogP contribution in [-0.4, -0.2) is 33.3 Å². The van der Waals surface area contributed by atoms with Crippen LogP contribution in [0.4, 0.5) is 5.69 Å². The Kier molecular flexibility index (Phi) is 6.85. The number of aryl methyl sites for hydroxylation is 1. The van der Waals surface area contributed by atoms with E-state index in [0.29, 0.717) is 17.2 Å². The second-order valence-corrected chi connectivity index (χ2v) is 8.57. The lowest BCUT2D eigenvalue weighted by atomic mass is 10.2. The van der Waals surface area contributed by atoms with Gasteiger partial charge in [0.25, 0.3) is 0 Å². The lowest BCUT2D eigenvalue weighted by Crippen LogP contribution is -2.18. The van der Waals surface area contributed by atoms with E-state index in [9.17, 15) is 13.2 Å². The summed E-state index contributed by atoms with van der Waals surface area (Å²) in [5.41, 5.74) is 1.48. The van der Waals surface area contributed by atoms with Crippen LogP contribution in [0.5, 0.6) is 11.5 Å². The van der Waals surface area contributed by atoms with Gasteiger partial charge in [-0.15, -0.1) is 0 Å². The van der Waals surface area contributed by atoms with Gasteiger partial charge in [-0.1, -0.05) is 6.07 Å². The predicted molar refractivity (Wildman–Crippen MR) is 105 cm³/mol. The van der Waals surface area contributed by atoms with Gasteiger partial charge in [0.05, 0.1) is 29.5 Å². The Bertz CT molecular complexity index is 889. The first-order valence-corrected chi connectivity index (χ1v) is 10.3. The number of carbonyl (C=O) groups is 1. The molecule has 0 aliphatic rings. The molecule has 2 aromatic carbocycles. The lowest BCUT2D eigenvalue weighted by Gasteiger charge is -2.12. The van der Waals surface area contributed by atoms with Gasteiger partial charge in [-0.05, 0) is 62.7 Å². The molecule has 0 aliphatic heterocycles. The van der Waals surface area contributed by atoms with Gasteiger partial charge in [0.15, 0.2) is 9.84 Å². The molecule has 0 aromatic heterocycles. The third-order valence-corrected chi connectivity index (χ3v) is 5.51. The molecule has 1 N–H and O–H groups in total. The minimum absolute atomic E-state index is 0.00904. The Hall–Kier alpha value is -2.54. The fourth-order valence-electron chi connectivity index (χ4n) is 2.47. The van der Waals surface area contributed by atoms with Crippen LogP contribution >= 0.6 is 0 Å². The van der Waals surface area contributed by atoms with Gasteiger partial charge in [0.1, 0.15) is 11.5 Å². The Morgan fingerprint density at radius 3 is 2.37 bits per heavy atom. The van der Waals surface area contributed by atoms with E-state index in [1.807, 2.05) is 26.8 Å². The average molecular weight is 391 g/mol. The van der Waals surface area contributed by atoms with Gasteiger partial charge in [0, 0.05) is 6.42 Å². The molecule has 7 heteroatoms. The van der Waals surface area contributed by atoms with Gasteiger partial charge in [0.2, 0.25) is 5.91 Å². The number of hydrogen-bond acceptors (Lipinski definition) is 5. The van der Waals surface area contributed by atoms with Crippen molar-refractivity contribution in [1.29, 1.82) is 0 Å². The van der Waals surface area contributed by atoms with Crippen molar-refractivity contribution in [2.45, 2.75) is 38.2 Å². The second-order valence-electron chi connectivity index (χ2n) is 6.46. The normalized spacial score (nSPS) is 11.3. The second kappa shape index (κ2) is 8.90. The largest absolute Gasteiger partial charge is 0.495 e. The first-order chi connectivity index (χ1) is 12.7. The number of ether oxygens (including phenoxy) is 2. The zero-order valence-electron chi connectivity index (χ0n) is 16.0. The van der Waals surface area contributed by atoms with Crippen LogP contribution in [0.25, 0.3) is 0 Å². The van der Waals surface area contributed by atoms with Crippen molar-refractivity contribution in [3.63, 3.8) is 0 Å². The number of hydrogen-bond donors (Lipinski definition) is 1. The Morgan fingerprint density at radius 1 is 1.11 bits per heavy atom. The zero-order chi connectivity index (χ0) is 20.0. The molecule has 0 unspecified atom stereocenters. The summed E-state index contributed by atoms with van der Waals surface area (Å²) in [5.74, 6) is 0.463. The molecule has 2 rings (SSSR count). The third-order valence-electron chi connectivity index (χ3n) is 3.78. The van der Waals surface area contributed by atoms with Crippen LogP contribution in [0.1, 0.15) is 25.8 Å². The molecule has 0 fully saturated rings. The highest BCUT2D eigenvalue weighted by atomic mass is 32.2.